The third kappa shape index (κ3) is 2.04. The molecule has 0 saturated heterocycles. The molecule has 0 aliphatic heterocycles. The Balaban J connectivity index is 2.56. The molecule has 0 bridgehead atoms. The Bertz CT molecular complexity index is 585. The summed E-state index contributed by atoms with van der Waals surface area (Å²) in [6, 6.07) is 13.2. The summed E-state index contributed by atoms with van der Waals surface area (Å²) >= 11 is 0. The molecular formula is C13H12N2O2. The van der Waals surface area contributed by atoms with E-state index < -0.39 is 5.91 Å². The predicted molar refractivity (Wildman–Crippen MR) is 65.8 cm³/mol. The van der Waals surface area contributed by atoms with E-state index in [9.17, 15) is 4.79 Å². The lowest BCUT2D eigenvalue weighted by molar-refractivity contribution is -0.159. The first-order valence-corrected chi connectivity index (χ1v) is 5.06. The maximum atomic E-state index is 11.5. The Hall–Kier alpha value is -2.17. The number of rotatable bonds is 2. The number of nitrogens with zero attached hydrogens (tertiary/aromatic N) is 1. The Morgan fingerprint density at radius 1 is 1.18 bits per heavy atom. The molecule has 4 heteroatoms. The van der Waals surface area contributed by atoms with Crippen molar-refractivity contribution in [2.24, 2.45) is 5.84 Å². The van der Waals surface area contributed by atoms with Crippen molar-refractivity contribution in [3.8, 4) is 0 Å². The molecule has 0 aromatic heterocycles. The van der Waals surface area contributed by atoms with E-state index in [1.165, 1.54) is 0 Å². The number of nitrogens with two attached hydrogens (primary N) is 1. The van der Waals surface area contributed by atoms with Gasteiger partial charge in [-0.1, -0.05) is 49.0 Å². The first kappa shape index (κ1) is 11.3. The van der Waals surface area contributed by atoms with Crippen LogP contribution in [-0.4, -0.2) is 16.3 Å². The van der Waals surface area contributed by atoms with E-state index in [4.69, 9.17) is 11.0 Å². The smallest absolute Gasteiger partial charge is 0.270 e. The highest BCUT2D eigenvalue weighted by atomic mass is 16.5. The third-order valence-electron chi connectivity index (χ3n) is 2.58. The molecule has 0 radical (unpaired) electrons. The van der Waals surface area contributed by atoms with Gasteiger partial charge < -0.3 is 0 Å². The molecule has 0 atom stereocenters. The second-order valence-electron chi connectivity index (χ2n) is 3.65. The van der Waals surface area contributed by atoms with Gasteiger partial charge in [-0.3, -0.25) is 10.0 Å². The van der Waals surface area contributed by atoms with Gasteiger partial charge in [-0.2, -0.15) is 0 Å². The molecule has 4 nitrogen and oxygen atoms in total. The fourth-order valence-electron chi connectivity index (χ4n) is 1.74. The minimum absolute atomic E-state index is 0.0457. The molecule has 0 fully saturated rings. The average molecular weight is 228 g/mol. The minimum atomic E-state index is -0.721. The molecule has 86 valence electrons. The van der Waals surface area contributed by atoms with Crippen LogP contribution >= 0.6 is 0 Å². The van der Waals surface area contributed by atoms with Crippen molar-refractivity contribution >= 4 is 22.3 Å². The lowest BCUT2D eigenvalue weighted by Gasteiger charge is -2.12. The summed E-state index contributed by atoms with van der Waals surface area (Å²) in [5, 5.41) is 10.9. The molecular weight excluding hydrogens is 216 g/mol. The molecule has 2 aromatic carbocycles. The topological polar surface area (TPSA) is 66.6 Å². The lowest BCUT2D eigenvalue weighted by atomic mass is 9.99. The molecule has 2 aromatic rings. The van der Waals surface area contributed by atoms with Gasteiger partial charge in [0, 0.05) is 5.57 Å². The molecule has 0 saturated carbocycles. The Kier molecular flexibility index (Phi) is 2.91. The van der Waals surface area contributed by atoms with Gasteiger partial charge in [0.25, 0.3) is 5.91 Å². The number of carbonyl (C=O) groups is 1. The number of hydrogen-bond donors (Lipinski definition) is 2. The fraction of sp³-hybridized carbons (Fsp3) is 0. The van der Waals surface area contributed by atoms with Crippen LogP contribution < -0.4 is 5.84 Å². The minimum Gasteiger partial charge on any atom is -0.270 e. The summed E-state index contributed by atoms with van der Waals surface area (Å²) < 4.78 is 0. The van der Waals surface area contributed by atoms with E-state index in [0.29, 0.717) is 5.56 Å². The first-order chi connectivity index (χ1) is 8.11. The number of fused-ring (bicyclic) bond motifs is 1. The van der Waals surface area contributed by atoms with E-state index in [-0.39, 0.29) is 10.7 Å². The Morgan fingerprint density at radius 3 is 2.53 bits per heavy atom. The summed E-state index contributed by atoms with van der Waals surface area (Å²) in [5.41, 5.74) is 0.824. The van der Waals surface area contributed by atoms with Gasteiger partial charge in [0.1, 0.15) is 0 Å². The summed E-state index contributed by atoms with van der Waals surface area (Å²) in [6.07, 6.45) is 0. The number of hydroxylamine groups is 1. The van der Waals surface area contributed by atoms with Gasteiger partial charge in [0.05, 0.1) is 0 Å². The molecule has 0 unspecified atom stereocenters. The standard InChI is InChI=1S/C13H12N2O2/c1-9(13(16)15(14)17)11-8-4-6-10-5-2-3-7-12(10)11/h2-8,17H,1,14H2. The van der Waals surface area contributed by atoms with Crippen LogP contribution in [0.4, 0.5) is 0 Å². The maximum Gasteiger partial charge on any atom is 0.292 e. The molecule has 3 N–H and O–H groups in total. The van der Waals surface area contributed by atoms with E-state index in [1.807, 2.05) is 36.4 Å². The van der Waals surface area contributed by atoms with Crippen molar-refractivity contribution in [1.29, 1.82) is 0 Å². The van der Waals surface area contributed by atoms with Crippen LogP contribution in [0.15, 0.2) is 49.0 Å². The largest absolute Gasteiger partial charge is 0.292 e. The van der Waals surface area contributed by atoms with Crippen molar-refractivity contribution in [3.05, 3.63) is 54.6 Å². The molecule has 2 rings (SSSR count). The lowest BCUT2D eigenvalue weighted by Crippen LogP contribution is -2.34. The van der Waals surface area contributed by atoms with Crippen LogP contribution in [0.2, 0.25) is 0 Å². The zero-order chi connectivity index (χ0) is 12.4. The first-order valence-electron chi connectivity index (χ1n) is 5.06. The van der Waals surface area contributed by atoms with Crippen molar-refractivity contribution < 1.29 is 10.0 Å². The van der Waals surface area contributed by atoms with Gasteiger partial charge in [0.15, 0.2) is 0 Å². The van der Waals surface area contributed by atoms with Crippen LogP contribution in [0, 0.1) is 0 Å². The van der Waals surface area contributed by atoms with Crippen LogP contribution in [0.1, 0.15) is 5.56 Å². The molecule has 0 aliphatic rings. The highest BCUT2D eigenvalue weighted by molar-refractivity contribution is 6.21. The highest BCUT2D eigenvalue weighted by Gasteiger charge is 2.15. The highest BCUT2D eigenvalue weighted by Crippen LogP contribution is 2.24. The summed E-state index contributed by atoms with van der Waals surface area (Å²) in [6.45, 7) is 3.67. The van der Waals surface area contributed by atoms with Gasteiger partial charge in [-0.05, 0) is 16.3 Å². The van der Waals surface area contributed by atoms with Crippen molar-refractivity contribution in [2.75, 3.05) is 0 Å². The van der Waals surface area contributed by atoms with Crippen LogP contribution in [0.3, 0.4) is 0 Å². The van der Waals surface area contributed by atoms with Crippen molar-refractivity contribution in [2.45, 2.75) is 0 Å². The zero-order valence-electron chi connectivity index (χ0n) is 9.13. The maximum absolute atomic E-state index is 11.5. The number of hydrazine groups is 1. The van der Waals surface area contributed by atoms with Crippen LogP contribution in [0.5, 0.6) is 0 Å². The van der Waals surface area contributed by atoms with Gasteiger partial charge in [-0.25, -0.2) is 5.84 Å². The second-order valence-corrected chi connectivity index (χ2v) is 3.65. The predicted octanol–water partition coefficient (Wildman–Crippen LogP) is 1.94. The normalized spacial score (nSPS) is 10.2. The summed E-state index contributed by atoms with van der Waals surface area (Å²) in [4.78, 5) is 11.5. The van der Waals surface area contributed by atoms with E-state index >= 15 is 0 Å². The molecule has 17 heavy (non-hydrogen) atoms. The van der Waals surface area contributed by atoms with Crippen LogP contribution in [-0.2, 0) is 4.79 Å². The van der Waals surface area contributed by atoms with Crippen molar-refractivity contribution in [3.63, 3.8) is 0 Å². The van der Waals surface area contributed by atoms with E-state index in [0.717, 1.165) is 10.8 Å². The van der Waals surface area contributed by atoms with Gasteiger partial charge >= 0.3 is 0 Å². The van der Waals surface area contributed by atoms with Gasteiger partial charge in [0.2, 0.25) is 0 Å². The zero-order valence-corrected chi connectivity index (χ0v) is 9.13. The summed E-state index contributed by atoms with van der Waals surface area (Å²) in [7, 11) is 0. The Labute approximate surface area is 98.5 Å². The van der Waals surface area contributed by atoms with Crippen molar-refractivity contribution in [1.82, 2.24) is 5.17 Å². The van der Waals surface area contributed by atoms with E-state index in [2.05, 4.69) is 6.58 Å². The molecule has 1 amide bonds. The van der Waals surface area contributed by atoms with E-state index in [1.54, 1.807) is 6.07 Å². The van der Waals surface area contributed by atoms with Gasteiger partial charge in [-0.15, -0.1) is 5.17 Å². The number of benzene rings is 2. The number of hydrogen-bond acceptors (Lipinski definition) is 3. The molecule has 0 heterocycles. The molecule has 0 spiro atoms. The Morgan fingerprint density at radius 2 is 1.82 bits per heavy atom. The van der Waals surface area contributed by atoms with Crippen LogP contribution in [0.25, 0.3) is 16.3 Å². The average Bonchev–Trinajstić information content (AvgIpc) is 2.36. The SMILES string of the molecule is C=C(C(=O)N(N)O)c1cccc2ccccc12. The third-order valence-corrected chi connectivity index (χ3v) is 2.58. The fourth-order valence-corrected chi connectivity index (χ4v) is 1.74. The second kappa shape index (κ2) is 4.37. The summed E-state index contributed by atoms with van der Waals surface area (Å²) in [5.74, 6) is 4.28. The monoisotopic (exact) mass is 228 g/mol. The quantitative estimate of drug-likeness (QED) is 0.271. The number of amides is 1. The molecule has 0 aliphatic carbocycles. The number of carbonyl (C=O) groups excluding carboxylic acids is 1.